The van der Waals surface area contributed by atoms with Crippen LogP contribution in [0.25, 0.3) is 0 Å². The predicted molar refractivity (Wildman–Crippen MR) is 157 cm³/mol. The van der Waals surface area contributed by atoms with E-state index < -0.39 is 17.7 Å². The first kappa shape index (κ1) is 28.0. The van der Waals surface area contributed by atoms with Gasteiger partial charge in [-0.15, -0.1) is 0 Å². The molecule has 0 bridgehead atoms. The monoisotopic (exact) mass is 586 g/mol. The van der Waals surface area contributed by atoms with Crippen LogP contribution in [0.1, 0.15) is 44.4 Å². The maximum absolute atomic E-state index is 14.1. The molecule has 0 radical (unpaired) electrons. The van der Waals surface area contributed by atoms with Crippen LogP contribution >= 0.6 is 35.0 Å². The number of β-amino-alcohol motifs (C(OH)–C–C–N with tert-alkyl or cyclic N) is 1. The molecule has 1 saturated heterocycles. The molecule has 206 valence electrons. The topological polar surface area (TPSA) is 76.5 Å². The summed E-state index contributed by atoms with van der Waals surface area (Å²) in [6.45, 7) is 6.34. The van der Waals surface area contributed by atoms with Gasteiger partial charge in [-0.1, -0.05) is 61.3 Å². The van der Waals surface area contributed by atoms with E-state index in [9.17, 15) is 14.7 Å². The predicted octanol–water partition coefficient (Wildman–Crippen LogP) is 5.29. The Labute approximate surface area is 243 Å². The lowest BCUT2D eigenvalue weighted by atomic mass is 9.81. The summed E-state index contributed by atoms with van der Waals surface area (Å²) >= 11 is 13.8. The molecule has 10 heteroatoms. The van der Waals surface area contributed by atoms with E-state index in [1.165, 1.54) is 21.6 Å². The van der Waals surface area contributed by atoms with Crippen molar-refractivity contribution >= 4 is 51.9 Å². The van der Waals surface area contributed by atoms with Crippen molar-refractivity contribution in [2.75, 3.05) is 20.6 Å². The molecule has 2 aromatic rings. The normalized spacial score (nSPS) is 26.4. The fourth-order valence-corrected chi connectivity index (χ4v) is 7.38. The third-order valence-electron chi connectivity index (χ3n) is 7.63. The maximum Gasteiger partial charge on any atom is 0.263 e. The zero-order valence-corrected chi connectivity index (χ0v) is 24.9. The fourth-order valence-electron chi connectivity index (χ4n) is 5.77. The summed E-state index contributed by atoms with van der Waals surface area (Å²) in [5.74, 6) is -0.454. The fraction of sp³-hybridized carbons (Fsp3) is 0.414. The summed E-state index contributed by atoms with van der Waals surface area (Å²) in [5, 5.41) is 12.4. The number of nitrogens with zero attached hydrogens (tertiary/aromatic N) is 4. The number of amides is 2. The molecule has 7 nitrogen and oxygen atoms in total. The van der Waals surface area contributed by atoms with Gasteiger partial charge in [-0.2, -0.15) is 0 Å². The lowest BCUT2D eigenvalue weighted by molar-refractivity contribution is -0.140. The van der Waals surface area contributed by atoms with Crippen LogP contribution in [0.4, 0.5) is 0 Å². The third kappa shape index (κ3) is 4.86. The Balaban J connectivity index is 1.61. The largest absolute Gasteiger partial charge is 0.391 e. The number of amidine groups is 1. The summed E-state index contributed by atoms with van der Waals surface area (Å²) < 4.78 is 0. The second-order valence-corrected chi connectivity index (χ2v) is 12.8. The van der Waals surface area contributed by atoms with E-state index in [1.807, 2.05) is 48.5 Å². The molecular weight excluding hydrogens is 555 g/mol. The number of aliphatic hydroxyl groups is 1. The highest BCUT2D eigenvalue weighted by Crippen LogP contribution is 2.56. The van der Waals surface area contributed by atoms with Gasteiger partial charge in [0.25, 0.3) is 5.91 Å². The van der Waals surface area contributed by atoms with Crippen molar-refractivity contribution in [1.82, 2.24) is 14.7 Å². The molecule has 3 aliphatic rings. The van der Waals surface area contributed by atoms with Gasteiger partial charge in [-0.25, -0.2) is 4.99 Å². The first-order valence-electron chi connectivity index (χ1n) is 12.9. The Kier molecular flexibility index (Phi) is 7.52. The summed E-state index contributed by atoms with van der Waals surface area (Å²) in [6.07, 6.45) is -0.519. The van der Waals surface area contributed by atoms with Gasteiger partial charge in [0, 0.05) is 42.8 Å². The average molecular weight is 588 g/mol. The van der Waals surface area contributed by atoms with E-state index in [1.54, 1.807) is 14.1 Å². The van der Waals surface area contributed by atoms with E-state index >= 15 is 0 Å². The molecule has 2 amide bonds. The van der Waals surface area contributed by atoms with Crippen molar-refractivity contribution < 1.29 is 14.7 Å². The molecular formula is C29H32Cl2N4O3S. The van der Waals surface area contributed by atoms with E-state index in [4.69, 9.17) is 28.2 Å². The molecule has 3 aliphatic heterocycles. The van der Waals surface area contributed by atoms with Gasteiger partial charge < -0.3 is 19.8 Å². The second kappa shape index (κ2) is 10.5. The van der Waals surface area contributed by atoms with Crippen LogP contribution < -0.4 is 0 Å². The lowest BCUT2D eigenvalue weighted by Crippen LogP contribution is -2.46. The smallest absolute Gasteiger partial charge is 0.263 e. The second-order valence-electron chi connectivity index (χ2n) is 10.9. The summed E-state index contributed by atoms with van der Waals surface area (Å²) in [6, 6.07) is 14.5. The molecule has 5 rings (SSSR count). The Hall–Kier alpha value is -2.52. The number of aliphatic hydroxyl groups excluding tert-OH is 1. The molecule has 2 aromatic carbocycles. The third-order valence-corrected chi connectivity index (χ3v) is 9.19. The number of carbonyl (C=O) groups is 2. The highest BCUT2D eigenvalue weighted by Gasteiger charge is 2.54. The number of hydrogen-bond donors (Lipinski definition) is 1. The van der Waals surface area contributed by atoms with Crippen LogP contribution in [0.5, 0.6) is 0 Å². The number of rotatable bonds is 5. The minimum Gasteiger partial charge on any atom is -0.391 e. The number of benzene rings is 2. The highest BCUT2D eigenvalue weighted by atomic mass is 35.5. The quantitative estimate of drug-likeness (QED) is 0.515. The van der Waals surface area contributed by atoms with Crippen LogP contribution in [0.15, 0.2) is 64.1 Å². The van der Waals surface area contributed by atoms with Crippen LogP contribution in [0.2, 0.25) is 10.0 Å². The van der Waals surface area contributed by atoms with Crippen LogP contribution in [-0.4, -0.2) is 69.6 Å². The van der Waals surface area contributed by atoms with E-state index in [0.717, 1.165) is 22.0 Å². The van der Waals surface area contributed by atoms with Crippen molar-refractivity contribution in [3.05, 3.63) is 80.3 Å². The SMILES string of the molecule is CC(C)C1=C(C(=O)N2CC(O)CC2C(=O)N(C)C)SC2=NC(C)(c3ccc(Cl)cc3)C(c3ccc(Cl)cc3)N21. The number of likely N-dealkylation sites (N-methyl/N-ethyl adjacent to an activating group) is 1. The van der Waals surface area contributed by atoms with Crippen molar-refractivity contribution in [2.45, 2.75) is 50.9 Å². The number of halogens is 2. The van der Waals surface area contributed by atoms with Crippen molar-refractivity contribution in [3.8, 4) is 0 Å². The van der Waals surface area contributed by atoms with Gasteiger partial charge in [0.05, 0.1) is 12.1 Å². The lowest BCUT2D eigenvalue weighted by Gasteiger charge is -2.37. The molecule has 0 aliphatic carbocycles. The number of carbonyl (C=O) groups excluding carboxylic acids is 2. The Morgan fingerprint density at radius 3 is 2.23 bits per heavy atom. The molecule has 39 heavy (non-hydrogen) atoms. The van der Waals surface area contributed by atoms with Gasteiger partial charge in [-0.05, 0) is 60.0 Å². The van der Waals surface area contributed by atoms with Crippen LogP contribution in [-0.2, 0) is 15.1 Å². The van der Waals surface area contributed by atoms with Gasteiger partial charge in [0.1, 0.15) is 16.5 Å². The average Bonchev–Trinajstić information content (AvgIpc) is 3.53. The Bertz CT molecular complexity index is 1360. The molecule has 0 aromatic heterocycles. The van der Waals surface area contributed by atoms with Crippen molar-refractivity contribution in [3.63, 3.8) is 0 Å². The first-order chi connectivity index (χ1) is 18.4. The molecule has 3 heterocycles. The van der Waals surface area contributed by atoms with Gasteiger partial charge >= 0.3 is 0 Å². The number of hydrogen-bond acceptors (Lipinski definition) is 6. The molecule has 1 fully saturated rings. The Morgan fingerprint density at radius 2 is 1.67 bits per heavy atom. The zero-order chi connectivity index (χ0) is 28.2. The minimum atomic E-state index is -0.746. The number of aliphatic imine (C=N–C) groups is 1. The van der Waals surface area contributed by atoms with Crippen molar-refractivity contribution in [1.29, 1.82) is 0 Å². The summed E-state index contributed by atoms with van der Waals surface area (Å²) in [5.41, 5.74) is 2.21. The van der Waals surface area contributed by atoms with E-state index in [0.29, 0.717) is 15.0 Å². The minimum absolute atomic E-state index is 0.0120. The first-order valence-corrected chi connectivity index (χ1v) is 14.5. The van der Waals surface area contributed by atoms with Crippen LogP contribution in [0, 0.1) is 5.92 Å². The Morgan fingerprint density at radius 1 is 1.08 bits per heavy atom. The molecule has 0 spiro atoms. The summed E-state index contributed by atoms with van der Waals surface area (Å²) in [7, 11) is 3.33. The van der Waals surface area contributed by atoms with E-state index in [-0.39, 0.29) is 36.7 Å². The maximum atomic E-state index is 14.1. The van der Waals surface area contributed by atoms with E-state index in [2.05, 4.69) is 25.7 Å². The number of allylic oxidation sites excluding steroid dienone is 1. The molecule has 1 N–H and O–H groups in total. The molecule has 4 unspecified atom stereocenters. The molecule has 4 atom stereocenters. The standard InChI is InChI=1S/C29H32Cl2N4O3S/c1-16(2)23-24(27(38)34-15-21(36)14-22(34)26(37)33(4)5)39-28-32-29(3,18-8-12-20(31)13-9-18)25(35(23)28)17-6-10-19(30)11-7-17/h6-13,16,21-22,25,36H,14-15H2,1-5H3. The highest BCUT2D eigenvalue weighted by molar-refractivity contribution is 8.18. The van der Waals surface area contributed by atoms with Gasteiger partial charge in [0.2, 0.25) is 5.91 Å². The number of thioether (sulfide) groups is 1. The molecule has 0 saturated carbocycles. The van der Waals surface area contributed by atoms with Crippen molar-refractivity contribution in [2.24, 2.45) is 10.9 Å². The van der Waals surface area contributed by atoms with Crippen LogP contribution in [0.3, 0.4) is 0 Å². The number of likely N-dealkylation sites (tertiary alicyclic amines) is 1. The zero-order valence-electron chi connectivity index (χ0n) is 22.6. The number of fused-ring (bicyclic) bond motifs is 1. The van der Waals surface area contributed by atoms with Gasteiger partial charge in [-0.3, -0.25) is 9.59 Å². The summed E-state index contributed by atoms with van der Waals surface area (Å²) in [4.78, 5) is 38.0. The van der Waals surface area contributed by atoms with Gasteiger partial charge in [0.15, 0.2) is 5.17 Å².